The van der Waals surface area contributed by atoms with Crippen LogP contribution in [0.1, 0.15) is 22.7 Å². The van der Waals surface area contributed by atoms with Gasteiger partial charge in [-0.2, -0.15) is 0 Å². The fourth-order valence-corrected chi connectivity index (χ4v) is 4.54. The minimum absolute atomic E-state index is 0.0503. The Morgan fingerprint density at radius 3 is 2.00 bits per heavy atom. The van der Waals surface area contributed by atoms with Crippen LogP contribution in [0.5, 0.6) is 0 Å². The summed E-state index contributed by atoms with van der Waals surface area (Å²) >= 11 is 0. The fourth-order valence-electron chi connectivity index (χ4n) is 4.54. The van der Waals surface area contributed by atoms with Gasteiger partial charge in [-0.3, -0.25) is 14.5 Å². The first kappa shape index (κ1) is 25.3. The van der Waals surface area contributed by atoms with Crippen molar-refractivity contribution in [2.75, 3.05) is 56.4 Å². The van der Waals surface area contributed by atoms with Gasteiger partial charge in [-0.25, -0.2) is 0 Å². The monoisotopic (exact) mass is 485 g/mol. The van der Waals surface area contributed by atoms with Gasteiger partial charge in [0.2, 0.25) is 0 Å². The van der Waals surface area contributed by atoms with E-state index in [0.717, 1.165) is 36.4 Å². The molecule has 0 aromatic heterocycles. The first-order chi connectivity index (χ1) is 17.3. The molecular weight excluding hydrogens is 450 g/mol. The normalized spacial score (nSPS) is 13.9. The highest BCUT2D eigenvalue weighted by Gasteiger charge is 2.26. The number of hydrogen-bond acceptors (Lipinski definition) is 5. The number of carbonyl (C=O) groups excluding carboxylic acids is 2. The molecule has 1 aliphatic rings. The molecule has 7 heteroatoms. The second kappa shape index (κ2) is 11.3. The molecule has 1 atom stereocenters. The molecule has 0 bridgehead atoms. The molecule has 0 saturated carbocycles. The smallest absolute Gasteiger partial charge is 0.313 e. The third-order valence-electron chi connectivity index (χ3n) is 6.70. The Hall–Kier alpha value is -3.84. The summed E-state index contributed by atoms with van der Waals surface area (Å²) in [4.78, 5) is 31.7. The van der Waals surface area contributed by atoms with Crippen LogP contribution in [0, 0.1) is 0 Å². The quantitative estimate of drug-likeness (QED) is 0.500. The summed E-state index contributed by atoms with van der Waals surface area (Å²) < 4.78 is 0. The molecule has 36 heavy (non-hydrogen) atoms. The zero-order valence-corrected chi connectivity index (χ0v) is 21.5. The van der Waals surface area contributed by atoms with Gasteiger partial charge in [0.1, 0.15) is 0 Å². The van der Waals surface area contributed by atoms with E-state index in [1.54, 1.807) is 12.1 Å². The highest BCUT2D eigenvalue weighted by atomic mass is 16.2. The number of rotatable bonds is 7. The van der Waals surface area contributed by atoms with E-state index in [0.29, 0.717) is 12.2 Å². The summed E-state index contributed by atoms with van der Waals surface area (Å²) in [5, 5.41) is 5.57. The SMILES string of the molecule is CN(C)c1ccc(NC(=O)C(=O)NCC(c2ccc(N(C)C)cc2)N2CCc3ccccc3C2)cc1. The minimum Gasteiger partial charge on any atom is -0.378 e. The Morgan fingerprint density at radius 2 is 1.39 bits per heavy atom. The predicted molar refractivity (Wildman–Crippen MR) is 146 cm³/mol. The summed E-state index contributed by atoms with van der Waals surface area (Å²) in [7, 11) is 7.93. The van der Waals surface area contributed by atoms with Crippen molar-refractivity contribution in [2.24, 2.45) is 0 Å². The van der Waals surface area contributed by atoms with Crippen LogP contribution in [-0.4, -0.2) is 58.0 Å². The first-order valence-electron chi connectivity index (χ1n) is 12.3. The van der Waals surface area contributed by atoms with Crippen molar-refractivity contribution in [2.45, 2.75) is 19.0 Å². The second-order valence-electron chi connectivity index (χ2n) is 9.60. The molecule has 2 amide bonds. The summed E-state index contributed by atoms with van der Waals surface area (Å²) in [6.45, 7) is 2.03. The molecule has 7 nitrogen and oxygen atoms in total. The first-order valence-corrected chi connectivity index (χ1v) is 12.3. The van der Waals surface area contributed by atoms with Crippen LogP contribution in [0.2, 0.25) is 0 Å². The van der Waals surface area contributed by atoms with Crippen LogP contribution in [0.3, 0.4) is 0 Å². The van der Waals surface area contributed by atoms with Crippen LogP contribution >= 0.6 is 0 Å². The highest BCUT2D eigenvalue weighted by molar-refractivity contribution is 6.39. The predicted octanol–water partition coefficient (Wildman–Crippen LogP) is 3.67. The van der Waals surface area contributed by atoms with Gasteiger partial charge in [0.25, 0.3) is 0 Å². The summed E-state index contributed by atoms with van der Waals surface area (Å²) in [6, 6.07) is 24.2. The Bertz CT molecular complexity index is 1190. The lowest BCUT2D eigenvalue weighted by Gasteiger charge is -2.36. The lowest BCUT2D eigenvalue weighted by molar-refractivity contribution is -0.136. The molecule has 0 radical (unpaired) electrons. The molecular formula is C29H35N5O2. The second-order valence-corrected chi connectivity index (χ2v) is 9.60. The lowest BCUT2D eigenvalue weighted by Crippen LogP contribution is -2.43. The number of hydrogen-bond donors (Lipinski definition) is 2. The van der Waals surface area contributed by atoms with Gasteiger partial charge in [-0.15, -0.1) is 0 Å². The van der Waals surface area contributed by atoms with Gasteiger partial charge < -0.3 is 20.4 Å². The number of amides is 2. The Morgan fingerprint density at radius 1 is 0.806 bits per heavy atom. The summed E-state index contributed by atoms with van der Waals surface area (Å²) in [5.74, 6) is -1.31. The number of anilines is 3. The maximum Gasteiger partial charge on any atom is 0.313 e. The van der Waals surface area contributed by atoms with E-state index in [4.69, 9.17) is 0 Å². The average molecular weight is 486 g/mol. The van der Waals surface area contributed by atoms with Crippen molar-refractivity contribution in [3.8, 4) is 0 Å². The van der Waals surface area contributed by atoms with Crippen LogP contribution in [0.25, 0.3) is 0 Å². The zero-order valence-electron chi connectivity index (χ0n) is 21.5. The van der Waals surface area contributed by atoms with Gasteiger partial charge in [-0.1, -0.05) is 36.4 Å². The van der Waals surface area contributed by atoms with Crippen LogP contribution in [0.4, 0.5) is 17.1 Å². The molecule has 1 unspecified atom stereocenters. The minimum atomic E-state index is -0.668. The molecule has 0 aliphatic carbocycles. The number of carbonyl (C=O) groups is 2. The molecule has 188 valence electrons. The fraction of sp³-hybridized carbons (Fsp3) is 0.310. The van der Waals surface area contributed by atoms with Crippen molar-refractivity contribution in [3.63, 3.8) is 0 Å². The lowest BCUT2D eigenvalue weighted by atomic mass is 9.96. The van der Waals surface area contributed by atoms with E-state index in [9.17, 15) is 9.59 Å². The summed E-state index contributed by atoms with van der Waals surface area (Å²) in [6.07, 6.45) is 0.958. The summed E-state index contributed by atoms with van der Waals surface area (Å²) in [5.41, 5.74) is 6.51. The van der Waals surface area contributed by atoms with Gasteiger partial charge in [0.15, 0.2) is 0 Å². The number of benzene rings is 3. The van der Waals surface area contributed by atoms with E-state index in [1.165, 1.54) is 11.1 Å². The number of nitrogens with one attached hydrogen (secondary N) is 2. The van der Waals surface area contributed by atoms with E-state index >= 15 is 0 Å². The molecule has 0 saturated heterocycles. The van der Waals surface area contributed by atoms with Crippen LogP contribution < -0.4 is 20.4 Å². The van der Waals surface area contributed by atoms with Gasteiger partial charge in [-0.05, 0) is 59.5 Å². The highest BCUT2D eigenvalue weighted by Crippen LogP contribution is 2.28. The van der Waals surface area contributed by atoms with Gasteiger partial charge in [0, 0.05) is 64.9 Å². The molecule has 1 heterocycles. The van der Waals surface area contributed by atoms with E-state index < -0.39 is 11.8 Å². The molecule has 0 spiro atoms. The van der Waals surface area contributed by atoms with Crippen molar-refractivity contribution in [1.82, 2.24) is 10.2 Å². The van der Waals surface area contributed by atoms with Crippen molar-refractivity contribution in [1.29, 1.82) is 0 Å². The molecule has 3 aromatic rings. The van der Waals surface area contributed by atoms with Gasteiger partial charge >= 0.3 is 11.8 Å². The van der Waals surface area contributed by atoms with Crippen LogP contribution in [0.15, 0.2) is 72.8 Å². The maximum atomic E-state index is 12.7. The third kappa shape index (κ3) is 6.04. The Kier molecular flexibility index (Phi) is 7.90. The average Bonchev–Trinajstić information content (AvgIpc) is 2.89. The zero-order chi connectivity index (χ0) is 25.7. The Labute approximate surface area is 213 Å². The number of nitrogens with zero attached hydrogens (tertiary/aromatic N) is 3. The standard InChI is InChI=1S/C29H35N5O2/c1-32(2)25-13-9-22(10-14-25)27(34-18-17-21-7-5-6-8-23(21)20-34)19-30-28(35)29(36)31-24-11-15-26(16-12-24)33(3)4/h5-16,27H,17-20H2,1-4H3,(H,30,35)(H,31,36). The van der Waals surface area contributed by atoms with Crippen molar-refractivity contribution < 1.29 is 9.59 Å². The van der Waals surface area contributed by atoms with E-state index in [1.807, 2.05) is 45.2 Å². The molecule has 3 aromatic carbocycles. The molecule has 0 fully saturated rings. The van der Waals surface area contributed by atoms with Crippen molar-refractivity contribution >= 4 is 28.9 Å². The molecule has 4 rings (SSSR count). The third-order valence-corrected chi connectivity index (χ3v) is 6.70. The topological polar surface area (TPSA) is 67.9 Å². The maximum absolute atomic E-state index is 12.7. The number of fused-ring (bicyclic) bond motifs is 1. The molecule has 2 N–H and O–H groups in total. The van der Waals surface area contributed by atoms with E-state index in [-0.39, 0.29) is 6.04 Å². The van der Waals surface area contributed by atoms with E-state index in [2.05, 4.69) is 69.0 Å². The van der Waals surface area contributed by atoms with Crippen molar-refractivity contribution in [3.05, 3.63) is 89.5 Å². The van der Waals surface area contributed by atoms with Gasteiger partial charge in [0.05, 0.1) is 6.04 Å². The Balaban J connectivity index is 1.46. The van der Waals surface area contributed by atoms with Crippen LogP contribution in [-0.2, 0) is 22.6 Å². The largest absolute Gasteiger partial charge is 0.378 e. The molecule has 1 aliphatic heterocycles.